The molecule has 0 atom stereocenters. The minimum atomic E-state index is -0.499. The Morgan fingerprint density at radius 2 is 1.79 bits per heavy atom. The minimum absolute atomic E-state index is 0.0137. The number of nitrogens with one attached hydrogen (secondary N) is 1. The summed E-state index contributed by atoms with van der Waals surface area (Å²) in [5.41, 5.74) is 6.62. The van der Waals surface area contributed by atoms with Crippen molar-refractivity contribution in [3.8, 4) is 0 Å². The van der Waals surface area contributed by atoms with Crippen molar-refractivity contribution in [3.05, 3.63) is 57.8 Å². The van der Waals surface area contributed by atoms with Crippen molar-refractivity contribution in [2.45, 2.75) is 0 Å². The van der Waals surface area contributed by atoms with Crippen molar-refractivity contribution < 1.29 is 4.39 Å². The van der Waals surface area contributed by atoms with Crippen LogP contribution in [0.2, 0.25) is 10.0 Å². The minimum Gasteiger partial charge on any atom is -0.389 e. The van der Waals surface area contributed by atoms with Gasteiger partial charge in [-0.05, 0) is 30.3 Å². The first-order chi connectivity index (χ1) is 8.99. The molecule has 0 aromatic heterocycles. The smallest absolute Gasteiger partial charge is 0.135 e. The summed E-state index contributed by atoms with van der Waals surface area (Å²) in [7, 11) is 0. The van der Waals surface area contributed by atoms with Crippen molar-refractivity contribution in [2.75, 3.05) is 5.32 Å². The Bertz CT molecular complexity index is 626. The second kappa shape index (κ2) is 5.74. The molecule has 2 aromatic carbocycles. The summed E-state index contributed by atoms with van der Waals surface area (Å²) in [6.45, 7) is 0. The zero-order chi connectivity index (χ0) is 14.0. The normalized spacial score (nSPS) is 10.3. The highest BCUT2D eigenvalue weighted by atomic mass is 35.5. The fourth-order valence-electron chi connectivity index (χ4n) is 1.55. The van der Waals surface area contributed by atoms with E-state index in [-0.39, 0.29) is 10.6 Å². The molecular weight excluding hydrogens is 306 g/mol. The molecule has 2 nitrogen and oxygen atoms in total. The molecular formula is C13H9Cl2FN2S. The Balaban J connectivity index is 2.34. The van der Waals surface area contributed by atoms with Crippen LogP contribution in [-0.2, 0) is 0 Å². The van der Waals surface area contributed by atoms with Crippen molar-refractivity contribution in [2.24, 2.45) is 5.73 Å². The van der Waals surface area contributed by atoms with Gasteiger partial charge in [-0.2, -0.15) is 0 Å². The monoisotopic (exact) mass is 314 g/mol. The Kier molecular flexibility index (Phi) is 4.24. The number of anilines is 2. The molecule has 0 heterocycles. The number of halogens is 3. The number of para-hydroxylation sites is 1. The van der Waals surface area contributed by atoms with E-state index in [4.69, 9.17) is 41.2 Å². The molecule has 2 aromatic rings. The predicted molar refractivity (Wildman–Crippen MR) is 82.0 cm³/mol. The first-order valence-electron chi connectivity index (χ1n) is 5.29. The molecule has 0 aliphatic carbocycles. The number of nitrogens with two attached hydrogens (primary N) is 1. The summed E-state index contributed by atoms with van der Waals surface area (Å²) in [6.07, 6.45) is 0. The van der Waals surface area contributed by atoms with Crippen LogP contribution in [0.1, 0.15) is 5.56 Å². The zero-order valence-electron chi connectivity index (χ0n) is 9.58. The maximum Gasteiger partial charge on any atom is 0.135 e. The summed E-state index contributed by atoms with van der Waals surface area (Å²) >= 11 is 16.8. The molecule has 0 aliphatic rings. The Labute approximate surface area is 125 Å². The van der Waals surface area contributed by atoms with Gasteiger partial charge in [0, 0.05) is 11.3 Å². The van der Waals surface area contributed by atoms with Gasteiger partial charge in [-0.25, -0.2) is 4.39 Å². The van der Waals surface area contributed by atoms with E-state index in [0.29, 0.717) is 21.4 Å². The summed E-state index contributed by atoms with van der Waals surface area (Å²) < 4.78 is 13.7. The van der Waals surface area contributed by atoms with Gasteiger partial charge in [-0.15, -0.1) is 0 Å². The van der Waals surface area contributed by atoms with Crippen LogP contribution in [-0.4, -0.2) is 4.99 Å². The third-order valence-corrected chi connectivity index (χ3v) is 3.32. The molecule has 0 fully saturated rings. The quantitative estimate of drug-likeness (QED) is 0.819. The maximum absolute atomic E-state index is 13.7. The van der Waals surface area contributed by atoms with Gasteiger partial charge in [0.2, 0.25) is 0 Å². The second-order valence-corrected chi connectivity index (χ2v) is 5.03. The van der Waals surface area contributed by atoms with Crippen LogP contribution in [0.4, 0.5) is 15.8 Å². The van der Waals surface area contributed by atoms with E-state index in [0.717, 1.165) is 0 Å². The number of hydrogen-bond acceptors (Lipinski definition) is 2. The van der Waals surface area contributed by atoms with Gasteiger partial charge in [0.05, 0.1) is 15.7 Å². The number of benzene rings is 2. The van der Waals surface area contributed by atoms with Crippen LogP contribution in [0.3, 0.4) is 0 Å². The molecule has 0 saturated carbocycles. The van der Waals surface area contributed by atoms with Crippen molar-refractivity contribution in [3.63, 3.8) is 0 Å². The average Bonchev–Trinajstić information content (AvgIpc) is 2.33. The summed E-state index contributed by atoms with van der Waals surface area (Å²) in [4.78, 5) is 0.0137. The summed E-state index contributed by atoms with van der Waals surface area (Å²) in [6, 6.07) is 9.55. The van der Waals surface area contributed by atoms with Crippen molar-refractivity contribution in [1.29, 1.82) is 0 Å². The van der Waals surface area contributed by atoms with Crippen LogP contribution >= 0.6 is 35.4 Å². The Morgan fingerprint density at radius 1 is 1.16 bits per heavy atom. The summed E-state index contributed by atoms with van der Waals surface area (Å²) in [5.74, 6) is -0.499. The molecule has 0 amide bonds. The highest BCUT2D eigenvalue weighted by Gasteiger charge is 2.09. The first-order valence-corrected chi connectivity index (χ1v) is 6.46. The highest BCUT2D eigenvalue weighted by molar-refractivity contribution is 7.80. The van der Waals surface area contributed by atoms with Crippen LogP contribution in [0, 0.1) is 5.82 Å². The SMILES string of the molecule is NC(=S)c1ccc(Nc2c(Cl)cccc2Cl)cc1F. The van der Waals surface area contributed by atoms with E-state index >= 15 is 0 Å². The largest absolute Gasteiger partial charge is 0.389 e. The lowest BCUT2D eigenvalue weighted by atomic mass is 10.2. The van der Waals surface area contributed by atoms with Gasteiger partial charge in [0.15, 0.2) is 0 Å². The average molecular weight is 315 g/mol. The van der Waals surface area contributed by atoms with Crippen LogP contribution in [0.15, 0.2) is 36.4 Å². The van der Waals surface area contributed by atoms with E-state index in [1.165, 1.54) is 12.1 Å². The lowest BCUT2D eigenvalue weighted by molar-refractivity contribution is 0.626. The molecule has 0 unspecified atom stereocenters. The first kappa shape index (κ1) is 14.1. The molecule has 0 radical (unpaired) electrons. The predicted octanol–water partition coefficient (Wildman–Crippen LogP) is 4.51. The molecule has 0 saturated heterocycles. The van der Waals surface area contributed by atoms with Crippen LogP contribution < -0.4 is 11.1 Å². The van der Waals surface area contributed by atoms with Crippen LogP contribution in [0.25, 0.3) is 0 Å². The third-order valence-electron chi connectivity index (χ3n) is 2.47. The molecule has 0 aliphatic heterocycles. The van der Waals surface area contributed by atoms with Gasteiger partial charge in [-0.1, -0.05) is 41.5 Å². The summed E-state index contributed by atoms with van der Waals surface area (Å²) in [5, 5.41) is 3.86. The van der Waals surface area contributed by atoms with Gasteiger partial charge in [0.25, 0.3) is 0 Å². The number of thiocarbonyl (C=S) groups is 1. The third kappa shape index (κ3) is 3.15. The number of rotatable bonds is 3. The van der Waals surface area contributed by atoms with Crippen molar-refractivity contribution >= 4 is 51.8 Å². The lowest BCUT2D eigenvalue weighted by Gasteiger charge is -2.11. The Morgan fingerprint density at radius 3 is 2.32 bits per heavy atom. The van der Waals surface area contributed by atoms with E-state index < -0.39 is 5.82 Å². The van der Waals surface area contributed by atoms with Crippen LogP contribution in [0.5, 0.6) is 0 Å². The molecule has 19 heavy (non-hydrogen) atoms. The molecule has 2 rings (SSSR count). The maximum atomic E-state index is 13.7. The molecule has 0 bridgehead atoms. The fourth-order valence-corrected chi connectivity index (χ4v) is 2.21. The second-order valence-electron chi connectivity index (χ2n) is 3.78. The highest BCUT2D eigenvalue weighted by Crippen LogP contribution is 2.32. The number of hydrogen-bond donors (Lipinski definition) is 2. The Hall–Kier alpha value is -1.36. The molecule has 98 valence electrons. The topological polar surface area (TPSA) is 38.0 Å². The zero-order valence-corrected chi connectivity index (χ0v) is 11.9. The lowest BCUT2D eigenvalue weighted by Crippen LogP contribution is -2.11. The van der Waals surface area contributed by atoms with E-state index in [9.17, 15) is 4.39 Å². The molecule has 6 heteroatoms. The van der Waals surface area contributed by atoms with Crippen molar-refractivity contribution in [1.82, 2.24) is 0 Å². The van der Waals surface area contributed by atoms with Gasteiger partial charge < -0.3 is 11.1 Å². The fraction of sp³-hybridized carbons (Fsp3) is 0. The standard InChI is InChI=1S/C13H9Cl2FN2S/c14-9-2-1-3-10(15)12(9)18-7-4-5-8(13(17)19)11(16)6-7/h1-6,18H,(H2,17,19). The van der Waals surface area contributed by atoms with E-state index in [1.807, 2.05) is 0 Å². The van der Waals surface area contributed by atoms with E-state index in [1.54, 1.807) is 24.3 Å². The van der Waals surface area contributed by atoms with E-state index in [2.05, 4.69) is 5.32 Å². The molecule has 0 spiro atoms. The van der Waals surface area contributed by atoms with Gasteiger partial charge in [-0.3, -0.25) is 0 Å². The molecule has 3 N–H and O–H groups in total. The van der Waals surface area contributed by atoms with Gasteiger partial charge >= 0.3 is 0 Å². The van der Waals surface area contributed by atoms with Gasteiger partial charge in [0.1, 0.15) is 10.8 Å².